The van der Waals surface area contributed by atoms with Crippen LogP contribution in [0, 0.1) is 0 Å². The van der Waals surface area contributed by atoms with Gasteiger partial charge in [0.1, 0.15) is 0 Å². The van der Waals surface area contributed by atoms with Crippen LogP contribution in [-0.4, -0.2) is 59.1 Å². The second kappa shape index (κ2) is 9.90. The molecule has 3 aromatic rings. The Bertz CT molecular complexity index is 1050. The predicted molar refractivity (Wildman–Crippen MR) is 132 cm³/mol. The molecular weight excluding hydrogens is 408 g/mol. The van der Waals surface area contributed by atoms with Crippen LogP contribution >= 0.6 is 0 Å². The van der Waals surface area contributed by atoms with Crippen LogP contribution in [0.1, 0.15) is 29.9 Å². The summed E-state index contributed by atoms with van der Waals surface area (Å²) in [6, 6.07) is 29.6. The maximum absolute atomic E-state index is 13.2. The molecule has 4 nitrogen and oxygen atoms in total. The Morgan fingerprint density at radius 1 is 0.818 bits per heavy atom. The van der Waals surface area contributed by atoms with Crippen molar-refractivity contribution in [2.75, 3.05) is 26.2 Å². The minimum atomic E-state index is 0.127. The van der Waals surface area contributed by atoms with E-state index in [2.05, 4.69) is 58.3 Å². The van der Waals surface area contributed by atoms with E-state index in [1.54, 1.807) is 0 Å². The summed E-state index contributed by atoms with van der Waals surface area (Å²) < 4.78 is 0. The molecule has 0 aromatic heterocycles. The summed E-state index contributed by atoms with van der Waals surface area (Å²) in [5.41, 5.74) is 4.73. The summed E-state index contributed by atoms with van der Waals surface area (Å²) in [7, 11) is 0. The Morgan fingerprint density at radius 3 is 2.15 bits per heavy atom. The van der Waals surface area contributed by atoms with Crippen molar-refractivity contribution < 1.29 is 9.90 Å². The SMILES string of the molecule is O=C(Cc1ccccc1)N1CCCCN2[C@H](CO)[C@H](c3ccc(-c4ccccc4)cc3)[C@@H]2C1. The molecule has 0 aliphatic carbocycles. The number of carbonyl (C=O) groups excluding carboxylic acids is 1. The lowest BCUT2D eigenvalue weighted by Crippen LogP contribution is -2.68. The van der Waals surface area contributed by atoms with E-state index in [9.17, 15) is 9.90 Å². The molecule has 5 rings (SSSR count). The molecule has 2 aliphatic heterocycles. The van der Waals surface area contributed by atoms with Crippen molar-refractivity contribution in [1.82, 2.24) is 9.80 Å². The molecule has 2 saturated heterocycles. The second-order valence-corrected chi connectivity index (χ2v) is 9.28. The zero-order valence-electron chi connectivity index (χ0n) is 19.0. The normalized spacial score (nSPS) is 23.2. The lowest BCUT2D eigenvalue weighted by atomic mass is 9.74. The van der Waals surface area contributed by atoms with E-state index in [1.165, 1.54) is 16.7 Å². The van der Waals surface area contributed by atoms with Gasteiger partial charge >= 0.3 is 0 Å². The molecule has 0 unspecified atom stereocenters. The zero-order chi connectivity index (χ0) is 22.6. The van der Waals surface area contributed by atoms with E-state index < -0.39 is 0 Å². The third-order valence-corrected chi connectivity index (χ3v) is 7.32. The Kier molecular flexibility index (Phi) is 6.56. The third kappa shape index (κ3) is 4.59. The zero-order valence-corrected chi connectivity index (χ0v) is 19.0. The van der Waals surface area contributed by atoms with Gasteiger partial charge in [0, 0.05) is 31.1 Å². The lowest BCUT2D eigenvalue weighted by molar-refractivity contribution is -0.135. The Balaban J connectivity index is 1.35. The van der Waals surface area contributed by atoms with Gasteiger partial charge in [0.15, 0.2) is 0 Å². The van der Waals surface area contributed by atoms with Crippen LogP contribution in [0.2, 0.25) is 0 Å². The van der Waals surface area contributed by atoms with Crippen LogP contribution in [0.3, 0.4) is 0 Å². The van der Waals surface area contributed by atoms with E-state index >= 15 is 0 Å². The largest absolute Gasteiger partial charge is 0.395 e. The number of fused-ring (bicyclic) bond motifs is 1. The fourth-order valence-corrected chi connectivity index (χ4v) is 5.58. The van der Waals surface area contributed by atoms with Crippen LogP contribution in [0.5, 0.6) is 0 Å². The summed E-state index contributed by atoms with van der Waals surface area (Å²) >= 11 is 0. The van der Waals surface area contributed by atoms with E-state index in [-0.39, 0.29) is 30.5 Å². The lowest BCUT2D eigenvalue weighted by Gasteiger charge is -2.57. The molecule has 3 atom stereocenters. The first-order valence-corrected chi connectivity index (χ1v) is 12.1. The number of hydrogen-bond donors (Lipinski definition) is 1. The van der Waals surface area contributed by atoms with Gasteiger partial charge < -0.3 is 10.0 Å². The highest BCUT2D eigenvalue weighted by Gasteiger charge is 2.49. The number of amides is 1. The van der Waals surface area contributed by atoms with Crippen molar-refractivity contribution in [2.45, 2.75) is 37.3 Å². The van der Waals surface area contributed by atoms with Crippen LogP contribution < -0.4 is 0 Å². The molecule has 0 saturated carbocycles. The molecule has 2 aliphatic rings. The maximum Gasteiger partial charge on any atom is 0.227 e. The van der Waals surface area contributed by atoms with Crippen molar-refractivity contribution in [1.29, 1.82) is 0 Å². The molecule has 0 spiro atoms. The Hall–Kier alpha value is -2.95. The fraction of sp³-hybridized carbons (Fsp3) is 0.345. The molecule has 170 valence electrons. The molecule has 3 aromatic carbocycles. The van der Waals surface area contributed by atoms with Gasteiger partial charge in [-0.05, 0) is 41.6 Å². The average molecular weight is 441 g/mol. The van der Waals surface area contributed by atoms with Gasteiger partial charge in [-0.25, -0.2) is 0 Å². The van der Waals surface area contributed by atoms with E-state index in [1.807, 2.05) is 36.4 Å². The molecule has 2 fully saturated rings. The van der Waals surface area contributed by atoms with E-state index in [4.69, 9.17) is 0 Å². The van der Waals surface area contributed by atoms with Crippen LogP contribution in [0.4, 0.5) is 0 Å². The summed E-state index contributed by atoms with van der Waals surface area (Å²) in [5, 5.41) is 10.2. The molecular formula is C29H32N2O2. The number of aliphatic hydroxyl groups excluding tert-OH is 1. The van der Waals surface area contributed by atoms with Gasteiger partial charge in [-0.15, -0.1) is 0 Å². The van der Waals surface area contributed by atoms with Gasteiger partial charge in [0.05, 0.1) is 13.0 Å². The molecule has 4 heteroatoms. The highest BCUT2D eigenvalue weighted by molar-refractivity contribution is 5.79. The van der Waals surface area contributed by atoms with Crippen molar-refractivity contribution in [2.24, 2.45) is 0 Å². The maximum atomic E-state index is 13.2. The highest BCUT2D eigenvalue weighted by Crippen LogP contribution is 2.42. The van der Waals surface area contributed by atoms with Gasteiger partial charge in [-0.2, -0.15) is 0 Å². The third-order valence-electron chi connectivity index (χ3n) is 7.32. The predicted octanol–water partition coefficient (Wildman–Crippen LogP) is 4.35. The molecule has 33 heavy (non-hydrogen) atoms. The summed E-state index contributed by atoms with van der Waals surface area (Å²) in [5.74, 6) is 0.443. The number of aliphatic hydroxyl groups is 1. The summed E-state index contributed by atoms with van der Waals surface area (Å²) in [6.45, 7) is 2.70. The molecule has 0 radical (unpaired) electrons. The monoisotopic (exact) mass is 440 g/mol. The first-order valence-electron chi connectivity index (χ1n) is 12.1. The van der Waals surface area contributed by atoms with Crippen molar-refractivity contribution in [3.63, 3.8) is 0 Å². The molecule has 1 amide bonds. The molecule has 0 bridgehead atoms. The summed E-state index contributed by atoms with van der Waals surface area (Å²) in [6.07, 6.45) is 2.52. The highest BCUT2D eigenvalue weighted by atomic mass is 16.3. The summed E-state index contributed by atoms with van der Waals surface area (Å²) in [4.78, 5) is 17.6. The Morgan fingerprint density at radius 2 is 1.45 bits per heavy atom. The van der Waals surface area contributed by atoms with Gasteiger partial charge in [0.25, 0.3) is 0 Å². The molecule has 1 N–H and O–H groups in total. The van der Waals surface area contributed by atoms with Gasteiger partial charge in [0.2, 0.25) is 5.91 Å². The van der Waals surface area contributed by atoms with Crippen LogP contribution in [0.25, 0.3) is 11.1 Å². The quantitative estimate of drug-likeness (QED) is 0.642. The van der Waals surface area contributed by atoms with Gasteiger partial charge in [-0.3, -0.25) is 9.69 Å². The van der Waals surface area contributed by atoms with Crippen LogP contribution in [0.15, 0.2) is 84.9 Å². The van der Waals surface area contributed by atoms with Crippen molar-refractivity contribution in [3.05, 3.63) is 96.1 Å². The second-order valence-electron chi connectivity index (χ2n) is 9.28. The van der Waals surface area contributed by atoms with Crippen molar-refractivity contribution >= 4 is 5.91 Å². The van der Waals surface area contributed by atoms with Crippen molar-refractivity contribution in [3.8, 4) is 11.1 Å². The smallest absolute Gasteiger partial charge is 0.227 e. The first-order chi connectivity index (χ1) is 16.2. The van der Waals surface area contributed by atoms with E-state index in [0.29, 0.717) is 6.42 Å². The van der Waals surface area contributed by atoms with Crippen LogP contribution in [-0.2, 0) is 11.2 Å². The number of hydrogen-bond acceptors (Lipinski definition) is 3. The Labute approximate surface area is 196 Å². The minimum absolute atomic E-state index is 0.127. The molecule has 2 heterocycles. The standard InChI is InChI=1S/C29H32N2O2/c32-21-27-29(25-15-13-24(14-16-25)23-11-5-2-6-12-23)26-20-30(17-7-8-18-31(26)27)28(33)19-22-9-3-1-4-10-22/h1-6,9-16,26-27,29,32H,7-8,17-21H2/t26-,27+,29+/m0/s1. The minimum Gasteiger partial charge on any atom is -0.395 e. The number of carbonyl (C=O) groups is 1. The fourth-order valence-electron chi connectivity index (χ4n) is 5.58. The average Bonchev–Trinajstić information content (AvgIpc) is 2.84. The van der Waals surface area contributed by atoms with Gasteiger partial charge in [-0.1, -0.05) is 84.9 Å². The number of nitrogens with zero attached hydrogens (tertiary/aromatic N) is 2. The number of benzene rings is 3. The van der Waals surface area contributed by atoms with E-state index in [0.717, 1.165) is 38.0 Å². The first kappa shape index (κ1) is 21.9. The topological polar surface area (TPSA) is 43.8 Å². The number of rotatable bonds is 5.